The van der Waals surface area contributed by atoms with Gasteiger partial charge in [-0.1, -0.05) is 0 Å². The van der Waals surface area contributed by atoms with Gasteiger partial charge >= 0.3 is 0 Å². The van der Waals surface area contributed by atoms with Gasteiger partial charge in [0, 0.05) is 16.7 Å². The van der Waals surface area contributed by atoms with E-state index in [2.05, 4.69) is 0 Å². The number of nitro groups is 1. The highest BCUT2D eigenvalue weighted by molar-refractivity contribution is 8.13. The predicted molar refractivity (Wildman–Crippen MR) is 62.3 cm³/mol. The fraction of sp³-hybridized carbons (Fsp3) is 0.333. The maximum Gasteiger partial charge on any atom is 0.279 e. The lowest BCUT2D eigenvalue weighted by Crippen LogP contribution is -2.07. The summed E-state index contributed by atoms with van der Waals surface area (Å²) in [6.45, 7) is 1.48. The molecule has 1 aromatic rings. The van der Waals surface area contributed by atoms with E-state index in [0.29, 0.717) is 0 Å². The highest BCUT2D eigenvalue weighted by atomic mass is 35.7. The minimum Gasteiger partial charge on any atom is -0.492 e. The summed E-state index contributed by atoms with van der Waals surface area (Å²) in [6.07, 6.45) is -3.38. The topological polar surface area (TPSA) is 86.5 Å². The van der Waals surface area contributed by atoms with Crippen molar-refractivity contribution in [1.82, 2.24) is 0 Å². The number of ether oxygens (including phenoxy) is 1. The lowest BCUT2D eigenvalue weighted by molar-refractivity contribution is -0.386. The van der Waals surface area contributed by atoms with Gasteiger partial charge in [0.1, 0.15) is 16.2 Å². The van der Waals surface area contributed by atoms with Gasteiger partial charge in [-0.05, 0) is 13.0 Å². The molecule has 0 aliphatic carbocycles. The van der Waals surface area contributed by atoms with Gasteiger partial charge in [-0.15, -0.1) is 0 Å². The van der Waals surface area contributed by atoms with Crippen LogP contribution in [0.4, 0.5) is 14.5 Å². The molecular formula is C9H8ClF2NO5S. The maximum atomic E-state index is 12.9. The van der Waals surface area contributed by atoms with Crippen molar-refractivity contribution in [2.75, 3.05) is 6.61 Å². The predicted octanol–water partition coefficient (Wildman–Crippen LogP) is 2.86. The first-order chi connectivity index (χ1) is 8.70. The van der Waals surface area contributed by atoms with Crippen LogP contribution in [0.3, 0.4) is 0 Å². The number of nitro benzene ring substituents is 1. The normalized spacial score (nSPS) is 11.6. The fourth-order valence-corrected chi connectivity index (χ4v) is 2.76. The second-order valence-electron chi connectivity index (χ2n) is 3.25. The average Bonchev–Trinajstić information content (AvgIpc) is 2.26. The van der Waals surface area contributed by atoms with Crippen LogP contribution in [0.25, 0.3) is 0 Å². The van der Waals surface area contributed by atoms with Gasteiger partial charge in [-0.3, -0.25) is 10.1 Å². The number of hydrogen-bond donors (Lipinski definition) is 0. The molecule has 19 heavy (non-hydrogen) atoms. The highest BCUT2D eigenvalue weighted by Crippen LogP contribution is 2.41. The van der Waals surface area contributed by atoms with E-state index in [9.17, 15) is 27.3 Å². The summed E-state index contributed by atoms with van der Waals surface area (Å²) in [5.74, 6) is -0.446. The summed E-state index contributed by atoms with van der Waals surface area (Å²) < 4.78 is 53.4. The van der Waals surface area contributed by atoms with E-state index in [1.807, 2.05) is 0 Å². The molecule has 0 amide bonds. The van der Waals surface area contributed by atoms with E-state index in [1.54, 1.807) is 0 Å². The summed E-state index contributed by atoms with van der Waals surface area (Å²) in [4.78, 5) is 8.49. The van der Waals surface area contributed by atoms with Gasteiger partial charge in [0.15, 0.2) is 0 Å². The summed E-state index contributed by atoms with van der Waals surface area (Å²) in [6, 6.07) is 1.67. The molecule has 0 saturated carbocycles. The third kappa shape index (κ3) is 3.29. The molecule has 6 nitrogen and oxygen atoms in total. The molecule has 0 fully saturated rings. The molecule has 10 heteroatoms. The van der Waals surface area contributed by atoms with Crippen molar-refractivity contribution < 1.29 is 26.9 Å². The third-order valence-corrected chi connectivity index (χ3v) is 3.47. The van der Waals surface area contributed by atoms with Crippen molar-refractivity contribution in [3.63, 3.8) is 0 Å². The minimum absolute atomic E-state index is 0.0140. The standard InChI is InChI=1S/C9H8ClF2NO5S/c1-2-18-6-4-3-5(13(14)15)7(9(11)12)8(6)19(10,16)17/h3-4,9H,2H2,1H3. The summed E-state index contributed by atoms with van der Waals surface area (Å²) in [5.41, 5.74) is -2.30. The SMILES string of the molecule is CCOc1ccc([N+](=O)[O-])c(C(F)F)c1S(=O)(=O)Cl. The Hall–Kier alpha value is -1.48. The number of nitrogens with zero attached hydrogens (tertiary/aromatic N) is 1. The maximum absolute atomic E-state index is 12.9. The number of alkyl halides is 2. The van der Waals surface area contributed by atoms with Crippen molar-refractivity contribution >= 4 is 25.4 Å². The molecule has 0 heterocycles. The Morgan fingerprint density at radius 2 is 2.05 bits per heavy atom. The van der Waals surface area contributed by atoms with Crippen molar-refractivity contribution in [3.05, 3.63) is 27.8 Å². The summed E-state index contributed by atoms with van der Waals surface area (Å²) in [5, 5.41) is 10.7. The molecule has 1 aromatic carbocycles. The van der Waals surface area contributed by atoms with Crippen LogP contribution >= 0.6 is 10.7 Å². The Kier molecular flexibility index (Phi) is 4.64. The van der Waals surface area contributed by atoms with Gasteiger partial charge in [-0.25, -0.2) is 17.2 Å². The zero-order valence-electron chi connectivity index (χ0n) is 9.47. The Morgan fingerprint density at radius 3 is 2.42 bits per heavy atom. The molecule has 1 rings (SSSR count). The molecular weight excluding hydrogens is 308 g/mol. The van der Waals surface area contributed by atoms with Gasteiger partial charge < -0.3 is 4.74 Å². The monoisotopic (exact) mass is 315 g/mol. The smallest absolute Gasteiger partial charge is 0.279 e. The van der Waals surface area contributed by atoms with Crippen LogP contribution in [-0.2, 0) is 9.05 Å². The van der Waals surface area contributed by atoms with Crippen LogP contribution in [0, 0.1) is 10.1 Å². The quantitative estimate of drug-likeness (QED) is 0.473. The van der Waals surface area contributed by atoms with Crippen LogP contribution < -0.4 is 4.74 Å². The van der Waals surface area contributed by atoms with Crippen molar-refractivity contribution in [2.45, 2.75) is 18.2 Å². The first kappa shape index (κ1) is 15.6. The summed E-state index contributed by atoms with van der Waals surface area (Å²) in [7, 11) is 0.437. The zero-order chi connectivity index (χ0) is 14.8. The molecule has 0 radical (unpaired) electrons. The Labute approximate surface area is 111 Å². The molecule has 0 atom stereocenters. The van der Waals surface area contributed by atoms with Crippen molar-refractivity contribution in [1.29, 1.82) is 0 Å². The number of hydrogen-bond acceptors (Lipinski definition) is 5. The number of rotatable bonds is 5. The molecule has 0 N–H and O–H groups in total. The molecule has 106 valence electrons. The second-order valence-corrected chi connectivity index (χ2v) is 5.76. The van der Waals surface area contributed by atoms with Gasteiger partial charge in [0.05, 0.1) is 11.5 Å². The highest BCUT2D eigenvalue weighted by Gasteiger charge is 2.34. The number of benzene rings is 1. The average molecular weight is 316 g/mol. The van der Waals surface area contributed by atoms with E-state index in [0.717, 1.165) is 12.1 Å². The van der Waals surface area contributed by atoms with Crippen molar-refractivity contribution in [2.24, 2.45) is 0 Å². The third-order valence-electron chi connectivity index (χ3n) is 2.10. The first-order valence-electron chi connectivity index (χ1n) is 4.87. The van der Waals surface area contributed by atoms with Crippen LogP contribution in [0.2, 0.25) is 0 Å². The lowest BCUT2D eigenvalue weighted by atomic mass is 10.1. The van der Waals surface area contributed by atoms with Crippen LogP contribution in [-0.4, -0.2) is 19.9 Å². The summed E-state index contributed by atoms with van der Waals surface area (Å²) >= 11 is 0. The van der Waals surface area contributed by atoms with E-state index in [4.69, 9.17) is 15.4 Å². The van der Waals surface area contributed by atoms with E-state index in [-0.39, 0.29) is 6.61 Å². The molecule has 0 aromatic heterocycles. The minimum atomic E-state index is -4.62. The molecule has 0 spiro atoms. The number of halogens is 3. The first-order valence-corrected chi connectivity index (χ1v) is 7.18. The Bertz CT molecular complexity index is 605. The van der Waals surface area contributed by atoms with Gasteiger partial charge in [0.25, 0.3) is 21.2 Å². The molecule has 0 saturated heterocycles. The van der Waals surface area contributed by atoms with Gasteiger partial charge in [0.2, 0.25) is 0 Å². The second kappa shape index (κ2) is 5.66. The Morgan fingerprint density at radius 1 is 1.47 bits per heavy atom. The molecule has 0 aliphatic rings. The lowest BCUT2D eigenvalue weighted by Gasteiger charge is -2.12. The fourth-order valence-electron chi connectivity index (χ4n) is 1.46. The van der Waals surface area contributed by atoms with Crippen LogP contribution in [0.5, 0.6) is 5.75 Å². The molecule has 0 bridgehead atoms. The van der Waals surface area contributed by atoms with E-state index in [1.165, 1.54) is 6.92 Å². The van der Waals surface area contributed by atoms with Gasteiger partial charge in [-0.2, -0.15) is 0 Å². The van der Waals surface area contributed by atoms with E-state index < -0.39 is 42.3 Å². The molecule has 0 aliphatic heterocycles. The van der Waals surface area contributed by atoms with E-state index >= 15 is 0 Å². The Balaban J connectivity index is 3.77. The van der Waals surface area contributed by atoms with Crippen LogP contribution in [0.15, 0.2) is 17.0 Å². The van der Waals surface area contributed by atoms with Crippen LogP contribution in [0.1, 0.15) is 18.9 Å². The largest absolute Gasteiger partial charge is 0.492 e. The van der Waals surface area contributed by atoms with Crippen molar-refractivity contribution in [3.8, 4) is 5.75 Å². The molecule has 0 unspecified atom stereocenters. The zero-order valence-corrected chi connectivity index (χ0v) is 11.0.